The van der Waals surface area contributed by atoms with Crippen LogP contribution < -0.4 is 5.32 Å². The molecule has 188 valence electrons. The van der Waals surface area contributed by atoms with E-state index in [0.717, 1.165) is 11.3 Å². The standard InChI is InChI=1S/C27H25N5O5/c33-12-10-32(11-13-34)27(36)24-17-37-26(30-24)19-5-3-4-18(14-19)22-16-25(35)29-23-15-20(6-7-21(23)28-22)31-8-1-2-9-31/h1-9,14-15,17,33-34H,10-13,16H2,(H,29,35). The first-order valence-electron chi connectivity index (χ1n) is 11.8. The molecule has 0 atom stereocenters. The molecule has 1 aliphatic rings. The van der Waals surface area contributed by atoms with Crippen molar-refractivity contribution in [3.63, 3.8) is 0 Å². The number of benzene rings is 2. The fourth-order valence-corrected chi connectivity index (χ4v) is 4.14. The minimum atomic E-state index is -0.449. The highest BCUT2D eigenvalue weighted by atomic mass is 16.3. The van der Waals surface area contributed by atoms with Crippen LogP contribution in [0, 0.1) is 0 Å². The first-order valence-corrected chi connectivity index (χ1v) is 11.8. The maximum Gasteiger partial charge on any atom is 0.275 e. The Bertz CT molecular complexity index is 1450. The minimum Gasteiger partial charge on any atom is -0.444 e. The zero-order valence-corrected chi connectivity index (χ0v) is 19.9. The fraction of sp³-hybridized carbons (Fsp3) is 0.185. The molecule has 0 bridgehead atoms. The molecule has 2 aromatic carbocycles. The normalized spacial score (nSPS) is 12.9. The second-order valence-electron chi connectivity index (χ2n) is 8.43. The van der Waals surface area contributed by atoms with E-state index in [0.29, 0.717) is 22.6 Å². The van der Waals surface area contributed by atoms with Gasteiger partial charge < -0.3 is 29.4 Å². The number of carbonyl (C=O) groups is 2. The van der Waals surface area contributed by atoms with Gasteiger partial charge in [-0.2, -0.15) is 0 Å². The van der Waals surface area contributed by atoms with Gasteiger partial charge in [-0.1, -0.05) is 12.1 Å². The summed E-state index contributed by atoms with van der Waals surface area (Å²) in [5.41, 5.74) is 4.20. The number of aliphatic hydroxyl groups excluding tert-OH is 2. The van der Waals surface area contributed by atoms with Crippen LogP contribution in [0.5, 0.6) is 0 Å². The van der Waals surface area contributed by atoms with Crippen molar-refractivity contribution >= 4 is 28.9 Å². The SMILES string of the molecule is O=C1CC(c2cccc(-c3nc(C(=O)N(CCO)CCO)co3)c2)=Nc2ccc(-n3cccc3)cc2N1. The average Bonchev–Trinajstić information content (AvgIpc) is 3.59. The minimum absolute atomic E-state index is 0.0703. The lowest BCUT2D eigenvalue weighted by molar-refractivity contribution is -0.115. The van der Waals surface area contributed by atoms with Crippen molar-refractivity contribution in [1.29, 1.82) is 0 Å². The van der Waals surface area contributed by atoms with Gasteiger partial charge >= 0.3 is 0 Å². The molecule has 2 aromatic heterocycles. The number of hydrogen-bond donors (Lipinski definition) is 3. The van der Waals surface area contributed by atoms with Crippen LogP contribution in [-0.4, -0.2) is 68.5 Å². The van der Waals surface area contributed by atoms with Gasteiger partial charge in [0.2, 0.25) is 11.8 Å². The van der Waals surface area contributed by atoms with Crippen molar-refractivity contribution in [2.75, 3.05) is 31.6 Å². The van der Waals surface area contributed by atoms with E-state index >= 15 is 0 Å². The van der Waals surface area contributed by atoms with Gasteiger partial charge in [0.05, 0.1) is 36.7 Å². The summed E-state index contributed by atoms with van der Waals surface area (Å²) in [6.45, 7) is -0.309. The van der Waals surface area contributed by atoms with E-state index in [1.165, 1.54) is 11.2 Å². The Morgan fingerprint density at radius 3 is 2.54 bits per heavy atom. The topological polar surface area (TPSA) is 133 Å². The molecule has 10 nitrogen and oxygen atoms in total. The van der Waals surface area contributed by atoms with Crippen LogP contribution in [0.4, 0.5) is 11.4 Å². The van der Waals surface area contributed by atoms with Crippen molar-refractivity contribution in [2.24, 2.45) is 4.99 Å². The lowest BCUT2D eigenvalue weighted by Gasteiger charge is -2.18. The molecule has 0 fully saturated rings. The van der Waals surface area contributed by atoms with Gasteiger partial charge in [0, 0.05) is 36.7 Å². The summed E-state index contributed by atoms with van der Waals surface area (Å²) in [6.07, 6.45) is 5.20. The molecule has 3 heterocycles. The first kappa shape index (κ1) is 24.2. The third-order valence-corrected chi connectivity index (χ3v) is 5.93. The van der Waals surface area contributed by atoms with Gasteiger partial charge in [-0.3, -0.25) is 14.6 Å². The number of aromatic nitrogens is 2. The van der Waals surface area contributed by atoms with Gasteiger partial charge in [0.15, 0.2) is 5.69 Å². The van der Waals surface area contributed by atoms with E-state index in [2.05, 4.69) is 10.3 Å². The van der Waals surface area contributed by atoms with Crippen molar-refractivity contribution in [3.8, 4) is 17.1 Å². The van der Waals surface area contributed by atoms with Gasteiger partial charge in [0.25, 0.3) is 5.91 Å². The second-order valence-corrected chi connectivity index (χ2v) is 8.43. The van der Waals surface area contributed by atoms with Crippen LogP contribution in [0.25, 0.3) is 17.1 Å². The number of anilines is 1. The number of nitrogens with zero attached hydrogens (tertiary/aromatic N) is 4. The average molecular weight is 500 g/mol. The monoisotopic (exact) mass is 499 g/mol. The maximum atomic E-state index is 12.7. The lowest BCUT2D eigenvalue weighted by Crippen LogP contribution is -2.36. The molecule has 0 saturated heterocycles. The predicted octanol–water partition coefficient (Wildman–Crippen LogP) is 3.02. The van der Waals surface area contributed by atoms with Crippen molar-refractivity contribution in [3.05, 3.63) is 84.5 Å². The van der Waals surface area contributed by atoms with E-state index in [-0.39, 0.29) is 50.2 Å². The number of hydrogen-bond acceptors (Lipinski definition) is 7. The molecule has 2 amide bonds. The molecule has 1 aliphatic heterocycles. The summed E-state index contributed by atoms with van der Waals surface area (Å²) < 4.78 is 7.52. The molecule has 3 N–H and O–H groups in total. The van der Waals surface area contributed by atoms with Gasteiger partial charge in [-0.15, -0.1) is 0 Å². The zero-order chi connectivity index (χ0) is 25.8. The highest BCUT2D eigenvalue weighted by Crippen LogP contribution is 2.32. The Morgan fingerprint density at radius 2 is 1.78 bits per heavy atom. The number of nitrogens with one attached hydrogen (secondary N) is 1. The van der Waals surface area contributed by atoms with E-state index < -0.39 is 5.91 Å². The van der Waals surface area contributed by atoms with Crippen LogP contribution in [0.1, 0.15) is 22.5 Å². The van der Waals surface area contributed by atoms with Crippen LogP contribution in [0.2, 0.25) is 0 Å². The van der Waals surface area contributed by atoms with Crippen molar-refractivity contribution in [1.82, 2.24) is 14.5 Å². The zero-order valence-electron chi connectivity index (χ0n) is 19.9. The number of carbonyl (C=O) groups excluding carboxylic acids is 2. The molecule has 0 radical (unpaired) electrons. The summed E-state index contributed by atoms with van der Waals surface area (Å²) in [7, 11) is 0. The van der Waals surface area contributed by atoms with Crippen LogP contribution in [-0.2, 0) is 4.79 Å². The quantitative estimate of drug-likeness (QED) is 0.341. The molecular weight excluding hydrogens is 474 g/mol. The Kier molecular flexibility index (Phi) is 6.93. The molecular formula is C27H25N5O5. The molecule has 0 spiro atoms. The predicted molar refractivity (Wildman–Crippen MR) is 137 cm³/mol. The summed E-state index contributed by atoms with van der Waals surface area (Å²) in [5, 5.41) is 21.3. The summed E-state index contributed by atoms with van der Waals surface area (Å²) in [5.74, 6) is -0.395. The third-order valence-electron chi connectivity index (χ3n) is 5.93. The molecule has 37 heavy (non-hydrogen) atoms. The Labute approximate surface area is 212 Å². The number of fused-ring (bicyclic) bond motifs is 1. The van der Waals surface area contributed by atoms with E-state index in [1.807, 2.05) is 65.5 Å². The molecule has 10 heteroatoms. The van der Waals surface area contributed by atoms with E-state index in [4.69, 9.17) is 9.41 Å². The van der Waals surface area contributed by atoms with Crippen LogP contribution in [0.3, 0.4) is 0 Å². The Morgan fingerprint density at radius 1 is 1.03 bits per heavy atom. The summed E-state index contributed by atoms with van der Waals surface area (Å²) >= 11 is 0. The smallest absolute Gasteiger partial charge is 0.275 e. The van der Waals surface area contributed by atoms with Gasteiger partial charge in [0.1, 0.15) is 6.26 Å². The largest absolute Gasteiger partial charge is 0.444 e. The first-order chi connectivity index (χ1) is 18.1. The highest BCUT2D eigenvalue weighted by Gasteiger charge is 2.21. The number of oxazole rings is 1. The Balaban J connectivity index is 1.43. The number of rotatable bonds is 8. The van der Waals surface area contributed by atoms with Gasteiger partial charge in [-0.05, 0) is 48.0 Å². The van der Waals surface area contributed by atoms with Crippen LogP contribution in [0.15, 0.2) is 82.7 Å². The molecule has 0 aliphatic carbocycles. The number of amides is 2. The highest BCUT2D eigenvalue weighted by molar-refractivity contribution is 6.17. The van der Waals surface area contributed by atoms with Crippen LogP contribution >= 0.6 is 0 Å². The van der Waals surface area contributed by atoms with Gasteiger partial charge in [-0.25, -0.2) is 4.98 Å². The lowest BCUT2D eigenvalue weighted by atomic mass is 10.0. The number of aliphatic hydroxyl groups is 2. The van der Waals surface area contributed by atoms with Crippen molar-refractivity contribution < 1.29 is 24.2 Å². The fourth-order valence-electron chi connectivity index (χ4n) is 4.14. The molecule has 4 aromatic rings. The summed E-state index contributed by atoms with van der Waals surface area (Å²) in [4.78, 5) is 35.8. The summed E-state index contributed by atoms with van der Waals surface area (Å²) in [6, 6.07) is 16.8. The molecule has 5 rings (SSSR count). The van der Waals surface area contributed by atoms with E-state index in [9.17, 15) is 19.8 Å². The van der Waals surface area contributed by atoms with E-state index in [1.54, 1.807) is 6.07 Å². The Hall–Kier alpha value is -4.54. The third kappa shape index (κ3) is 5.20. The number of aliphatic imine (C=N–C) groups is 1. The van der Waals surface area contributed by atoms with Crippen molar-refractivity contribution in [2.45, 2.75) is 6.42 Å². The second kappa shape index (κ2) is 10.6. The molecule has 0 saturated carbocycles. The maximum absolute atomic E-state index is 12.7. The molecule has 0 unspecified atom stereocenters.